The molecule has 1 saturated carbocycles. The van der Waals surface area contributed by atoms with Gasteiger partial charge in [0.05, 0.1) is 0 Å². The molecule has 0 amide bonds. The SMILES string of the molecule is CCCC(O)OC1C2Oc3cscc3OC21. The van der Waals surface area contributed by atoms with Crippen molar-refractivity contribution in [2.75, 3.05) is 0 Å². The molecule has 88 valence electrons. The number of aliphatic hydroxyl groups is 1. The van der Waals surface area contributed by atoms with Gasteiger partial charge in [-0.3, -0.25) is 0 Å². The van der Waals surface area contributed by atoms with Crippen LogP contribution in [-0.4, -0.2) is 29.7 Å². The fraction of sp³-hybridized carbons (Fsp3) is 0.636. The lowest BCUT2D eigenvalue weighted by atomic mass is 10.3. The molecule has 1 aromatic heterocycles. The molecule has 1 aliphatic heterocycles. The summed E-state index contributed by atoms with van der Waals surface area (Å²) in [5, 5.41) is 13.4. The van der Waals surface area contributed by atoms with Crippen LogP contribution in [0.5, 0.6) is 11.5 Å². The van der Waals surface area contributed by atoms with Gasteiger partial charge in [-0.05, 0) is 6.42 Å². The molecule has 0 radical (unpaired) electrons. The smallest absolute Gasteiger partial charge is 0.172 e. The lowest BCUT2D eigenvalue weighted by Crippen LogP contribution is -2.16. The van der Waals surface area contributed by atoms with Gasteiger partial charge in [0.1, 0.15) is 6.10 Å². The number of fused-ring (bicyclic) bond motifs is 2. The van der Waals surface area contributed by atoms with Crippen molar-refractivity contribution < 1.29 is 19.3 Å². The summed E-state index contributed by atoms with van der Waals surface area (Å²) < 4.78 is 16.8. The molecule has 1 aromatic rings. The molecule has 1 fully saturated rings. The second-order valence-electron chi connectivity index (χ2n) is 4.11. The highest BCUT2D eigenvalue weighted by atomic mass is 32.1. The Morgan fingerprint density at radius 1 is 1.38 bits per heavy atom. The first-order valence-corrected chi connectivity index (χ1v) is 6.47. The normalized spacial score (nSPS) is 32.0. The summed E-state index contributed by atoms with van der Waals surface area (Å²) in [7, 11) is 0. The fourth-order valence-electron chi connectivity index (χ4n) is 1.89. The van der Waals surface area contributed by atoms with Gasteiger partial charge in [0.15, 0.2) is 30.0 Å². The van der Waals surface area contributed by atoms with E-state index in [2.05, 4.69) is 0 Å². The van der Waals surface area contributed by atoms with E-state index in [9.17, 15) is 5.11 Å². The third-order valence-electron chi connectivity index (χ3n) is 2.80. The molecule has 3 atom stereocenters. The van der Waals surface area contributed by atoms with E-state index in [-0.39, 0.29) is 18.3 Å². The molecule has 1 aliphatic carbocycles. The average Bonchev–Trinajstić information content (AvgIpc) is 2.74. The molecule has 2 aliphatic rings. The maximum absolute atomic E-state index is 9.54. The van der Waals surface area contributed by atoms with Crippen LogP contribution in [0.1, 0.15) is 19.8 Å². The Morgan fingerprint density at radius 2 is 2.00 bits per heavy atom. The molecule has 1 N–H and O–H groups in total. The minimum Gasteiger partial charge on any atom is -0.479 e. The third kappa shape index (κ3) is 1.69. The molecule has 0 bridgehead atoms. The van der Waals surface area contributed by atoms with Crippen molar-refractivity contribution in [3.8, 4) is 11.5 Å². The largest absolute Gasteiger partial charge is 0.479 e. The molecular formula is C11H14O4S. The van der Waals surface area contributed by atoms with Crippen molar-refractivity contribution in [1.29, 1.82) is 0 Å². The van der Waals surface area contributed by atoms with E-state index in [0.29, 0.717) is 6.42 Å². The number of hydrogen-bond donors (Lipinski definition) is 1. The van der Waals surface area contributed by atoms with Crippen LogP contribution >= 0.6 is 11.3 Å². The standard InChI is InChI=1S/C11H14O4S/c1-2-3-8(12)15-11-9-10(11)14-7-5-16-4-6(7)13-9/h4-5,8-12H,2-3H2,1H3. The third-order valence-corrected chi connectivity index (χ3v) is 3.50. The molecule has 0 saturated heterocycles. The monoisotopic (exact) mass is 242 g/mol. The van der Waals surface area contributed by atoms with Crippen LogP contribution in [0.2, 0.25) is 0 Å². The maximum Gasteiger partial charge on any atom is 0.172 e. The highest BCUT2D eigenvalue weighted by Gasteiger charge is 2.60. The first kappa shape index (κ1) is 10.4. The van der Waals surface area contributed by atoms with Gasteiger partial charge in [0, 0.05) is 10.8 Å². The van der Waals surface area contributed by atoms with Crippen LogP contribution in [0.25, 0.3) is 0 Å². The fourth-order valence-corrected chi connectivity index (χ4v) is 2.55. The maximum atomic E-state index is 9.54. The summed E-state index contributed by atoms with van der Waals surface area (Å²) >= 11 is 1.56. The second-order valence-corrected chi connectivity index (χ2v) is 4.85. The Morgan fingerprint density at radius 3 is 2.56 bits per heavy atom. The van der Waals surface area contributed by atoms with Gasteiger partial charge in [0.2, 0.25) is 0 Å². The Hall–Kier alpha value is -0.780. The molecule has 0 spiro atoms. The van der Waals surface area contributed by atoms with Crippen LogP contribution in [-0.2, 0) is 4.74 Å². The average molecular weight is 242 g/mol. The second kappa shape index (κ2) is 3.91. The summed E-state index contributed by atoms with van der Waals surface area (Å²) in [6.45, 7) is 2.01. The van der Waals surface area contributed by atoms with E-state index in [1.807, 2.05) is 17.7 Å². The molecule has 3 unspecified atom stereocenters. The van der Waals surface area contributed by atoms with Gasteiger partial charge in [0.25, 0.3) is 0 Å². The van der Waals surface area contributed by atoms with Crippen LogP contribution in [0, 0.1) is 0 Å². The minimum absolute atomic E-state index is 0.0476. The minimum atomic E-state index is -0.704. The summed E-state index contributed by atoms with van der Waals surface area (Å²) in [4.78, 5) is 0. The zero-order valence-corrected chi connectivity index (χ0v) is 9.78. The van der Waals surface area contributed by atoms with E-state index in [0.717, 1.165) is 17.9 Å². The van der Waals surface area contributed by atoms with Gasteiger partial charge in [-0.15, -0.1) is 11.3 Å². The molecule has 16 heavy (non-hydrogen) atoms. The van der Waals surface area contributed by atoms with Crippen molar-refractivity contribution in [3.05, 3.63) is 10.8 Å². The number of ether oxygens (including phenoxy) is 3. The Kier molecular flexibility index (Phi) is 2.53. The summed E-state index contributed by atoms with van der Waals surface area (Å²) in [5.41, 5.74) is 0. The van der Waals surface area contributed by atoms with E-state index in [1.54, 1.807) is 11.3 Å². The van der Waals surface area contributed by atoms with Crippen molar-refractivity contribution in [2.24, 2.45) is 0 Å². The number of hydrogen-bond acceptors (Lipinski definition) is 5. The first-order chi connectivity index (χ1) is 7.79. The highest BCUT2D eigenvalue weighted by molar-refractivity contribution is 7.08. The van der Waals surface area contributed by atoms with Gasteiger partial charge in [-0.25, -0.2) is 0 Å². The van der Waals surface area contributed by atoms with E-state index < -0.39 is 6.29 Å². The highest BCUT2D eigenvalue weighted by Crippen LogP contribution is 2.46. The van der Waals surface area contributed by atoms with Crippen molar-refractivity contribution in [3.63, 3.8) is 0 Å². The van der Waals surface area contributed by atoms with Gasteiger partial charge < -0.3 is 19.3 Å². The van der Waals surface area contributed by atoms with E-state index >= 15 is 0 Å². The molecular weight excluding hydrogens is 228 g/mol. The van der Waals surface area contributed by atoms with Crippen LogP contribution in [0.4, 0.5) is 0 Å². The Labute approximate surface area is 97.7 Å². The lowest BCUT2D eigenvalue weighted by Gasteiger charge is -2.12. The zero-order chi connectivity index (χ0) is 11.1. The van der Waals surface area contributed by atoms with Gasteiger partial charge in [-0.2, -0.15) is 0 Å². The molecule has 3 rings (SSSR count). The van der Waals surface area contributed by atoms with E-state index in [4.69, 9.17) is 14.2 Å². The number of aliphatic hydroxyl groups excluding tert-OH is 1. The molecule has 4 nitrogen and oxygen atoms in total. The van der Waals surface area contributed by atoms with Crippen molar-refractivity contribution in [1.82, 2.24) is 0 Å². The topological polar surface area (TPSA) is 47.9 Å². The van der Waals surface area contributed by atoms with Crippen LogP contribution in [0.15, 0.2) is 10.8 Å². The molecule has 5 heteroatoms. The predicted molar refractivity (Wildman–Crippen MR) is 58.9 cm³/mol. The van der Waals surface area contributed by atoms with Gasteiger partial charge in [-0.1, -0.05) is 13.3 Å². The summed E-state index contributed by atoms with van der Waals surface area (Å²) in [6, 6.07) is 0. The van der Waals surface area contributed by atoms with Crippen LogP contribution < -0.4 is 9.47 Å². The Bertz CT molecular complexity index is 351. The first-order valence-electron chi connectivity index (χ1n) is 5.52. The van der Waals surface area contributed by atoms with Crippen molar-refractivity contribution >= 4 is 11.3 Å². The quantitative estimate of drug-likeness (QED) is 0.817. The summed E-state index contributed by atoms with van der Waals surface area (Å²) in [5.74, 6) is 1.59. The zero-order valence-electron chi connectivity index (χ0n) is 8.96. The molecule has 0 aromatic carbocycles. The predicted octanol–water partition coefficient (Wildman–Crippen LogP) is 1.77. The number of thiophene rings is 1. The molecule has 2 heterocycles. The number of rotatable bonds is 4. The lowest BCUT2D eigenvalue weighted by molar-refractivity contribution is -0.122. The van der Waals surface area contributed by atoms with Crippen LogP contribution in [0.3, 0.4) is 0 Å². The summed E-state index contributed by atoms with van der Waals surface area (Å²) in [6.07, 6.45) is 0.626. The van der Waals surface area contributed by atoms with Gasteiger partial charge >= 0.3 is 0 Å². The van der Waals surface area contributed by atoms with Crippen molar-refractivity contribution in [2.45, 2.75) is 44.4 Å². The van der Waals surface area contributed by atoms with E-state index in [1.165, 1.54) is 0 Å². The Balaban J connectivity index is 1.58.